The molecular formula is C76H125N19O19. The Morgan fingerprint density at radius 2 is 0.684 bits per heavy atom. The number of carbonyl (C=O) groups excluding carboxylic acids is 18. The molecule has 18 amide bonds. The maximum absolute atomic E-state index is 14.2. The van der Waals surface area contributed by atoms with Crippen molar-refractivity contribution in [3.05, 3.63) is 36.0 Å². The maximum atomic E-state index is 14.2. The highest BCUT2D eigenvalue weighted by molar-refractivity contribution is 6.03. The number of aromatic amines is 1. The first-order valence-electron chi connectivity index (χ1n) is 37.9. The predicted octanol–water partition coefficient (Wildman–Crippen LogP) is -2.57. The van der Waals surface area contributed by atoms with Gasteiger partial charge in [0.2, 0.25) is 106 Å². The fourth-order valence-corrected chi connectivity index (χ4v) is 11.3. The van der Waals surface area contributed by atoms with Crippen LogP contribution in [0.2, 0.25) is 0 Å². The Labute approximate surface area is 665 Å². The van der Waals surface area contributed by atoms with Crippen molar-refractivity contribution in [2.45, 2.75) is 297 Å². The van der Waals surface area contributed by atoms with E-state index in [1.54, 1.807) is 33.9 Å². The average molecular weight is 1610 g/mol. The number of primary amides is 3. The number of amides is 18. The van der Waals surface area contributed by atoms with E-state index >= 15 is 0 Å². The summed E-state index contributed by atoms with van der Waals surface area (Å²) in [6.07, 6.45) is -0.169. The highest BCUT2D eigenvalue weighted by Crippen LogP contribution is 2.21. The number of nitrogens with one attached hydrogen (secondary N) is 16. The minimum absolute atomic E-state index is 0.00919. The molecule has 0 fully saturated rings. The maximum Gasteiger partial charge on any atom is 0.246 e. The first-order chi connectivity index (χ1) is 52.3. The third kappa shape index (κ3) is 32.7. The van der Waals surface area contributed by atoms with E-state index in [-0.39, 0.29) is 49.9 Å². The van der Waals surface area contributed by atoms with Gasteiger partial charge in [-0.1, -0.05) is 59.7 Å². The van der Waals surface area contributed by atoms with E-state index in [4.69, 9.17) is 17.2 Å². The van der Waals surface area contributed by atoms with E-state index < -0.39 is 226 Å². The lowest BCUT2D eigenvalue weighted by molar-refractivity contribution is -0.140. The van der Waals surface area contributed by atoms with Gasteiger partial charge in [0.15, 0.2) is 0 Å². The molecule has 0 saturated heterocycles. The van der Waals surface area contributed by atoms with Crippen LogP contribution in [-0.2, 0) is 92.7 Å². The Bertz CT molecular complexity index is 3840. The summed E-state index contributed by atoms with van der Waals surface area (Å²) >= 11 is 0. The zero-order valence-electron chi connectivity index (χ0n) is 69.6. The Kier molecular flexibility index (Phi) is 37.3. The second kappa shape index (κ2) is 42.9. The first-order valence-corrected chi connectivity index (χ1v) is 37.9. The number of aliphatic hydroxyl groups is 1. The van der Waals surface area contributed by atoms with E-state index in [1.165, 1.54) is 104 Å². The minimum Gasteiger partial charge on any atom is -0.394 e. The number of carbonyl (C=O) groups is 18. The van der Waals surface area contributed by atoms with Crippen LogP contribution in [0.25, 0.3) is 10.9 Å². The molecule has 2 rings (SSSR count). The topological polar surface area (TPSA) is 602 Å². The molecule has 0 saturated carbocycles. The van der Waals surface area contributed by atoms with Gasteiger partial charge in [0.25, 0.3) is 0 Å². The molecule has 0 aliphatic heterocycles. The lowest BCUT2D eigenvalue weighted by Crippen LogP contribution is -2.67. The molecule has 0 aliphatic carbocycles. The number of aromatic nitrogens is 1. The number of hydrogen-bond donors (Lipinski definition) is 20. The molecule has 0 unspecified atom stereocenters. The lowest BCUT2D eigenvalue weighted by atomic mass is 9.96. The average Bonchev–Trinajstić information content (AvgIpc) is 1.46. The third-order valence-electron chi connectivity index (χ3n) is 18.2. The molecule has 1 heterocycles. The van der Waals surface area contributed by atoms with Gasteiger partial charge in [0, 0.05) is 49.7 Å². The smallest absolute Gasteiger partial charge is 0.246 e. The molecule has 1 aromatic carbocycles. The van der Waals surface area contributed by atoms with E-state index in [0.717, 1.165) is 16.5 Å². The largest absolute Gasteiger partial charge is 0.394 e. The van der Waals surface area contributed by atoms with Gasteiger partial charge in [0.1, 0.15) is 81.6 Å². The standard InChI is InChI=1S/C76H125N19O19/c1-38(2)32-45(37-96)84-59(103)49(27-30-55(78)99)87-66(110)71(10,11)92-63(107)51(33-39(3)4)86-60(104)48(26-29-54(77)98)85-57(101)41(7)82-65(109)73(14,15)94-70(114)76(20,21)91-62(106)50(28-31-56(79)100)88-67(111)72(12,13)93-64(108)52(34-40(5)6)89-68(112)74(16,17)95-69(113)75(18,19)90-58(102)42(8)81-61(105)53(83-43(9)97)35-44-36-80-47-25-23-22-24-46(44)47/h22-25,36,38-42,45,48-53,80,96H,26-35,37H2,1-21H3,(H2,77,98)(H2,78,99)(H2,79,100)(H,81,105)(H,82,109)(H,83,97)(H,84,103)(H,85,101)(H,86,104)(H,87,110)(H,88,111)(H,89,112)(H,90,102)(H,91,106)(H,92,107)(H,93,108)(H,94,114)(H,95,113)/t41-,42-,45-,48-,49-,50-,51-,52-,53-/m0/s1. The molecule has 0 spiro atoms. The normalized spacial score (nSPS) is 14.4. The summed E-state index contributed by atoms with van der Waals surface area (Å²) in [7, 11) is 0. The van der Waals surface area contributed by atoms with Gasteiger partial charge < -0.3 is 107 Å². The summed E-state index contributed by atoms with van der Waals surface area (Å²) in [5, 5.41) is 49.0. The van der Waals surface area contributed by atoms with E-state index in [2.05, 4.69) is 84.7 Å². The Morgan fingerprint density at radius 3 is 1.10 bits per heavy atom. The molecule has 0 radical (unpaired) electrons. The summed E-state index contributed by atoms with van der Waals surface area (Å²) in [5.41, 5.74) is 6.77. The van der Waals surface area contributed by atoms with Crippen LogP contribution in [-0.4, -0.2) is 211 Å². The summed E-state index contributed by atoms with van der Waals surface area (Å²) in [4.78, 5) is 246. The predicted molar refractivity (Wildman–Crippen MR) is 420 cm³/mol. The van der Waals surface area contributed by atoms with Crippen molar-refractivity contribution < 1.29 is 91.4 Å². The Hall–Kier alpha value is -10.8. The van der Waals surface area contributed by atoms with Gasteiger partial charge in [-0.15, -0.1) is 0 Å². The minimum atomic E-state index is -1.94. The number of fused-ring (bicyclic) bond motifs is 1. The zero-order chi connectivity index (χ0) is 87.7. The van der Waals surface area contributed by atoms with Crippen molar-refractivity contribution >= 4 is 117 Å². The molecule has 0 aliphatic rings. The molecule has 38 heteroatoms. The number of nitrogens with two attached hydrogens (primary N) is 3. The SMILES string of the molecule is CC(=O)N[C@@H](Cc1c[nH]c2ccccc12)C(=O)N[C@@H](C)C(=O)NC(C)(C)C(=O)NC(C)(C)C(=O)N[C@@H](CC(C)C)C(=O)NC(C)(C)C(=O)N[C@@H](CCC(N)=O)C(=O)NC(C)(C)C(=O)NC(C)(C)C(=O)N[C@@H](C)C(=O)N[C@@H](CCC(N)=O)C(=O)N[C@@H](CC(C)C)C(=O)NC(C)(C)C(=O)N[C@@H](CCC(N)=O)C(=O)N[C@H](CO)CC(C)C. The molecule has 23 N–H and O–H groups in total. The molecule has 9 atom stereocenters. The first kappa shape index (κ1) is 99.3. The number of hydrogen-bond acceptors (Lipinski definition) is 19. The van der Waals surface area contributed by atoms with Crippen molar-refractivity contribution in [1.82, 2.24) is 84.7 Å². The van der Waals surface area contributed by atoms with Crippen LogP contribution in [0.3, 0.4) is 0 Å². The van der Waals surface area contributed by atoms with Crippen LogP contribution >= 0.6 is 0 Å². The summed E-state index contributed by atoms with van der Waals surface area (Å²) in [5.74, 6) is -16.0. The highest BCUT2D eigenvalue weighted by Gasteiger charge is 2.44. The van der Waals surface area contributed by atoms with E-state index in [1.807, 2.05) is 38.1 Å². The quantitative estimate of drug-likeness (QED) is 0.0324. The van der Waals surface area contributed by atoms with Crippen LogP contribution in [0.4, 0.5) is 0 Å². The van der Waals surface area contributed by atoms with Crippen molar-refractivity contribution in [3.8, 4) is 0 Å². The van der Waals surface area contributed by atoms with Gasteiger partial charge in [-0.3, -0.25) is 86.3 Å². The fourth-order valence-electron chi connectivity index (χ4n) is 11.3. The summed E-state index contributed by atoms with van der Waals surface area (Å²) < 4.78 is 0. The van der Waals surface area contributed by atoms with Crippen molar-refractivity contribution in [3.63, 3.8) is 0 Å². The Morgan fingerprint density at radius 1 is 0.360 bits per heavy atom. The fraction of sp³-hybridized carbons (Fsp3) is 0.658. The monoisotopic (exact) mass is 1610 g/mol. The summed E-state index contributed by atoms with van der Waals surface area (Å²) in [6, 6.07) is -4.41. The van der Waals surface area contributed by atoms with Gasteiger partial charge in [-0.2, -0.15) is 0 Å². The second-order valence-corrected chi connectivity index (χ2v) is 33.3. The zero-order valence-corrected chi connectivity index (χ0v) is 69.6. The van der Waals surface area contributed by atoms with Crippen molar-refractivity contribution in [1.29, 1.82) is 0 Å². The van der Waals surface area contributed by atoms with Crippen molar-refractivity contribution in [2.75, 3.05) is 6.61 Å². The number of para-hydroxylation sites is 1. The number of H-pyrrole nitrogens is 1. The number of rotatable bonds is 47. The van der Waals surface area contributed by atoms with Crippen LogP contribution < -0.4 is 97.0 Å². The van der Waals surface area contributed by atoms with E-state index in [9.17, 15) is 91.4 Å². The van der Waals surface area contributed by atoms with Crippen LogP contribution in [0.5, 0.6) is 0 Å². The molecule has 2 aromatic rings. The van der Waals surface area contributed by atoms with Gasteiger partial charge in [-0.05, 0) is 165 Å². The van der Waals surface area contributed by atoms with Crippen LogP contribution in [0.1, 0.15) is 209 Å². The van der Waals surface area contributed by atoms with Crippen molar-refractivity contribution in [2.24, 2.45) is 35.0 Å². The van der Waals surface area contributed by atoms with Gasteiger partial charge in [-0.25, -0.2) is 0 Å². The van der Waals surface area contributed by atoms with Crippen LogP contribution in [0, 0.1) is 17.8 Å². The summed E-state index contributed by atoms with van der Waals surface area (Å²) in [6.45, 7) is 29.7. The third-order valence-corrected chi connectivity index (χ3v) is 18.2. The highest BCUT2D eigenvalue weighted by atomic mass is 16.3. The molecular weight excluding hydrogens is 1480 g/mol. The molecule has 1 aromatic heterocycles. The molecule has 114 heavy (non-hydrogen) atoms. The van der Waals surface area contributed by atoms with Crippen LogP contribution in [0.15, 0.2) is 30.5 Å². The Balaban J connectivity index is 2.23. The van der Waals surface area contributed by atoms with Gasteiger partial charge >= 0.3 is 0 Å². The van der Waals surface area contributed by atoms with E-state index in [0.29, 0.717) is 6.42 Å². The molecule has 0 bridgehead atoms. The number of aliphatic hydroxyl groups excluding tert-OH is 1. The second-order valence-electron chi connectivity index (χ2n) is 33.3. The number of benzene rings is 1. The molecule has 638 valence electrons. The lowest BCUT2D eigenvalue weighted by Gasteiger charge is -2.35. The molecule has 38 nitrogen and oxygen atoms in total. The van der Waals surface area contributed by atoms with Gasteiger partial charge in [0.05, 0.1) is 12.6 Å².